The molecule has 1 aromatic carbocycles. The lowest BCUT2D eigenvalue weighted by atomic mass is 10.0. The molecule has 15 heavy (non-hydrogen) atoms. The zero-order valence-electron chi connectivity index (χ0n) is 8.40. The van der Waals surface area contributed by atoms with Crippen LogP contribution in [0.25, 0.3) is 0 Å². The maximum atomic E-state index is 11.0. The first-order chi connectivity index (χ1) is 7.09. The van der Waals surface area contributed by atoms with Crippen molar-refractivity contribution in [2.75, 3.05) is 11.4 Å². The number of benzene rings is 1. The monoisotopic (exact) mass is 225 g/mol. The first kappa shape index (κ1) is 10.3. The van der Waals surface area contributed by atoms with Gasteiger partial charge in [-0.1, -0.05) is 11.6 Å². The third-order valence-electron chi connectivity index (χ3n) is 2.82. The van der Waals surface area contributed by atoms with Gasteiger partial charge in [0.2, 0.25) is 0 Å². The summed E-state index contributed by atoms with van der Waals surface area (Å²) in [7, 11) is 0. The molecule has 2 rings (SSSR count). The number of anilines is 1. The van der Waals surface area contributed by atoms with E-state index in [1.165, 1.54) is 6.07 Å². The van der Waals surface area contributed by atoms with E-state index in [1.807, 2.05) is 0 Å². The second-order valence-electron chi connectivity index (χ2n) is 3.80. The van der Waals surface area contributed by atoms with Gasteiger partial charge in [0.1, 0.15) is 0 Å². The van der Waals surface area contributed by atoms with E-state index in [-0.39, 0.29) is 5.56 Å². The van der Waals surface area contributed by atoms with E-state index in [4.69, 9.17) is 16.7 Å². The molecule has 1 aliphatic heterocycles. The number of hydrogen-bond acceptors (Lipinski definition) is 2. The maximum absolute atomic E-state index is 11.0. The SMILES string of the molecule is CC1CCN1c1ccc(Cl)cc1C(=O)O. The lowest BCUT2D eigenvalue weighted by Crippen LogP contribution is -2.46. The average molecular weight is 226 g/mol. The normalized spacial score (nSPS) is 19.9. The van der Waals surface area contributed by atoms with Crippen molar-refractivity contribution in [2.24, 2.45) is 0 Å². The molecule has 0 aromatic heterocycles. The highest BCUT2D eigenvalue weighted by Gasteiger charge is 2.27. The van der Waals surface area contributed by atoms with Crippen LogP contribution in [-0.4, -0.2) is 23.7 Å². The molecule has 3 nitrogen and oxygen atoms in total. The van der Waals surface area contributed by atoms with Gasteiger partial charge in [0, 0.05) is 17.6 Å². The molecule has 0 spiro atoms. The van der Waals surface area contributed by atoms with Gasteiger partial charge < -0.3 is 10.0 Å². The molecule has 0 bridgehead atoms. The van der Waals surface area contributed by atoms with E-state index in [0.717, 1.165) is 18.7 Å². The predicted molar refractivity (Wildman–Crippen MR) is 59.8 cm³/mol. The Morgan fingerprint density at radius 3 is 2.80 bits per heavy atom. The summed E-state index contributed by atoms with van der Waals surface area (Å²) < 4.78 is 0. The number of halogens is 1. The van der Waals surface area contributed by atoms with Gasteiger partial charge in [0.25, 0.3) is 0 Å². The fourth-order valence-corrected chi connectivity index (χ4v) is 1.98. The van der Waals surface area contributed by atoms with E-state index in [1.54, 1.807) is 12.1 Å². The van der Waals surface area contributed by atoms with Crippen molar-refractivity contribution in [3.63, 3.8) is 0 Å². The molecular weight excluding hydrogens is 214 g/mol. The minimum Gasteiger partial charge on any atom is -0.478 e. The molecule has 1 unspecified atom stereocenters. The topological polar surface area (TPSA) is 40.5 Å². The number of carboxylic acid groups (broad SMARTS) is 1. The molecule has 1 aliphatic rings. The molecule has 4 heteroatoms. The van der Waals surface area contributed by atoms with Gasteiger partial charge in [-0.05, 0) is 31.5 Å². The van der Waals surface area contributed by atoms with Gasteiger partial charge in [0.05, 0.1) is 11.3 Å². The van der Waals surface area contributed by atoms with Crippen LogP contribution in [-0.2, 0) is 0 Å². The Hall–Kier alpha value is -1.22. The second kappa shape index (κ2) is 3.74. The van der Waals surface area contributed by atoms with Gasteiger partial charge in [-0.25, -0.2) is 4.79 Å². The van der Waals surface area contributed by atoms with Crippen LogP contribution in [0.5, 0.6) is 0 Å². The third kappa shape index (κ3) is 1.79. The van der Waals surface area contributed by atoms with E-state index in [9.17, 15) is 4.79 Å². The van der Waals surface area contributed by atoms with E-state index < -0.39 is 5.97 Å². The molecule has 80 valence electrons. The summed E-state index contributed by atoms with van der Waals surface area (Å²) in [6.07, 6.45) is 1.11. The maximum Gasteiger partial charge on any atom is 0.337 e. The molecule has 0 aliphatic carbocycles. The first-order valence-electron chi connectivity index (χ1n) is 4.89. The van der Waals surface area contributed by atoms with E-state index >= 15 is 0 Å². The Morgan fingerprint density at radius 2 is 2.33 bits per heavy atom. The Bertz CT molecular complexity index is 406. The molecule has 1 atom stereocenters. The number of nitrogens with zero attached hydrogens (tertiary/aromatic N) is 1. The fourth-order valence-electron chi connectivity index (χ4n) is 1.80. The van der Waals surface area contributed by atoms with Crippen molar-refractivity contribution < 1.29 is 9.90 Å². The number of aromatic carboxylic acids is 1. The highest BCUT2D eigenvalue weighted by atomic mass is 35.5. The largest absolute Gasteiger partial charge is 0.478 e. The quantitative estimate of drug-likeness (QED) is 0.841. The van der Waals surface area contributed by atoms with Crippen LogP contribution in [0.1, 0.15) is 23.7 Å². The molecule has 1 saturated heterocycles. The number of carboxylic acids is 1. The summed E-state index contributed by atoms with van der Waals surface area (Å²) in [5.74, 6) is -0.924. The molecule has 0 amide bonds. The van der Waals surface area contributed by atoms with Gasteiger partial charge in [-0.2, -0.15) is 0 Å². The third-order valence-corrected chi connectivity index (χ3v) is 3.05. The summed E-state index contributed by atoms with van der Waals surface area (Å²) in [4.78, 5) is 13.1. The standard InChI is InChI=1S/C11H12ClNO2/c1-7-4-5-13(7)10-3-2-8(12)6-9(10)11(14)15/h2-3,6-7H,4-5H2,1H3,(H,14,15). The van der Waals surface area contributed by atoms with Crippen molar-refractivity contribution in [3.8, 4) is 0 Å². The minimum absolute atomic E-state index is 0.286. The fraction of sp³-hybridized carbons (Fsp3) is 0.364. The van der Waals surface area contributed by atoms with Gasteiger partial charge in [-0.3, -0.25) is 0 Å². The van der Waals surface area contributed by atoms with Crippen molar-refractivity contribution in [3.05, 3.63) is 28.8 Å². The van der Waals surface area contributed by atoms with E-state index in [0.29, 0.717) is 11.1 Å². The first-order valence-corrected chi connectivity index (χ1v) is 5.27. The Balaban J connectivity index is 2.41. The number of rotatable bonds is 2. The van der Waals surface area contributed by atoms with Crippen molar-refractivity contribution >= 4 is 23.3 Å². The zero-order valence-corrected chi connectivity index (χ0v) is 9.16. The van der Waals surface area contributed by atoms with Crippen LogP contribution in [0, 0.1) is 0 Å². The van der Waals surface area contributed by atoms with Gasteiger partial charge >= 0.3 is 5.97 Å². The molecule has 1 aromatic rings. The zero-order chi connectivity index (χ0) is 11.0. The Morgan fingerprint density at radius 1 is 1.60 bits per heavy atom. The predicted octanol–water partition coefficient (Wildman–Crippen LogP) is 2.64. The van der Waals surface area contributed by atoms with Gasteiger partial charge in [0.15, 0.2) is 0 Å². The lowest BCUT2D eigenvalue weighted by molar-refractivity contribution is 0.0697. The molecule has 1 heterocycles. The highest BCUT2D eigenvalue weighted by Crippen LogP contribution is 2.31. The lowest BCUT2D eigenvalue weighted by Gasteiger charge is -2.41. The average Bonchev–Trinajstić information content (AvgIpc) is 2.18. The summed E-state index contributed by atoms with van der Waals surface area (Å²) >= 11 is 5.78. The molecule has 1 fully saturated rings. The molecule has 0 saturated carbocycles. The highest BCUT2D eigenvalue weighted by molar-refractivity contribution is 6.31. The molecule has 0 radical (unpaired) electrons. The summed E-state index contributed by atoms with van der Waals surface area (Å²) in [6, 6.07) is 5.43. The van der Waals surface area contributed by atoms with Crippen molar-refractivity contribution in [1.29, 1.82) is 0 Å². The second-order valence-corrected chi connectivity index (χ2v) is 4.23. The summed E-state index contributed by atoms with van der Waals surface area (Å²) in [6.45, 7) is 3.01. The summed E-state index contributed by atoms with van der Waals surface area (Å²) in [5, 5.41) is 9.52. The molecular formula is C11H12ClNO2. The van der Waals surface area contributed by atoms with Gasteiger partial charge in [-0.15, -0.1) is 0 Å². The van der Waals surface area contributed by atoms with Crippen LogP contribution >= 0.6 is 11.6 Å². The minimum atomic E-state index is -0.924. The van der Waals surface area contributed by atoms with Crippen LogP contribution in [0.3, 0.4) is 0 Å². The van der Waals surface area contributed by atoms with Crippen molar-refractivity contribution in [2.45, 2.75) is 19.4 Å². The van der Waals surface area contributed by atoms with Crippen molar-refractivity contribution in [1.82, 2.24) is 0 Å². The molecule has 1 N–H and O–H groups in total. The van der Waals surface area contributed by atoms with Crippen LogP contribution in [0.15, 0.2) is 18.2 Å². The number of hydrogen-bond donors (Lipinski definition) is 1. The van der Waals surface area contributed by atoms with Crippen LogP contribution in [0.2, 0.25) is 5.02 Å². The smallest absolute Gasteiger partial charge is 0.337 e. The van der Waals surface area contributed by atoms with Crippen LogP contribution in [0.4, 0.5) is 5.69 Å². The van der Waals surface area contributed by atoms with Crippen LogP contribution < -0.4 is 4.90 Å². The number of carbonyl (C=O) groups is 1. The Kier molecular flexibility index (Phi) is 2.57. The summed E-state index contributed by atoms with van der Waals surface area (Å²) in [5.41, 5.74) is 1.06. The van der Waals surface area contributed by atoms with E-state index in [2.05, 4.69) is 11.8 Å². The Labute approximate surface area is 93.3 Å².